The molecule has 2 heterocycles. The number of nitrogens with zero attached hydrogens (tertiary/aromatic N) is 2. The highest BCUT2D eigenvalue weighted by Crippen LogP contribution is 2.22. The lowest BCUT2D eigenvalue weighted by molar-refractivity contribution is -0.121. The fourth-order valence-corrected chi connectivity index (χ4v) is 3.11. The number of fused-ring (bicyclic) bond motifs is 1. The van der Waals surface area contributed by atoms with Crippen LogP contribution in [0.3, 0.4) is 0 Å². The molecule has 108 valence electrons. The predicted octanol–water partition coefficient (Wildman–Crippen LogP) is 2.83. The number of aromatic nitrogens is 3. The third kappa shape index (κ3) is 3.28. The number of thiazole rings is 1. The van der Waals surface area contributed by atoms with Gasteiger partial charge in [-0.2, -0.15) is 0 Å². The number of para-hydroxylation sites is 1. The molecule has 0 spiro atoms. The average molecular weight is 300 g/mol. The van der Waals surface area contributed by atoms with Gasteiger partial charge in [-0.1, -0.05) is 12.1 Å². The fourth-order valence-electron chi connectivity index (χ4n) is 2.14. The van der Waals surface area contributed by atoms with Gasteiger partial charge in [-0.05, 0) is 19.1 Å². The Hall–Kier alpha value is -2.21. The zero-order valence-corrected chi connectivity index (χ0v) is 12.5. The smallest absolute Gasteiger partial charge is 0.220 e. The number of hydrogen-bond donors (Lipinski definition) is 2. The molecule has 2 aromatic heterocycles. The summed E-state index contributed by atoms with van der Waals surface area (Å²) in [4.78, 5) is 23.6. The number of aryl methyl sites for hydroxylation is 1. The minimum absolute atomic E-state index is 0.0122. The number of aromatic amines is 1. The molecule has 1 atom stereocenters. The number of carbonyl (C=O) groups excluding carboxylic acids is 1. The number of benzene rings is 1. The van der Waals surface area contributed by atoms with E-state index >= 15 is 0 Å². The van der Waals surface area contributed by atoms with E-state index in [2.05, 4.69) is 26.3 Å². The number of rotatable bonds is 5. The SMILES string of the molecule is CC(NC(=O)CCc1nc2ccccc2s1)c1ncc[nH]1. The zero-order valence-electron chi connectivity index (χ0n) is 11.7. The topological polar surface area (TPSA) is 70.7 Å². The minimum Gasteiger partial charge on any atom is -0.347 e. The molecule has 6 heteroatoms. The molecule has 0 aliphatic carbocycles. The molecular weight excluding hydrogens is 284 g/mol. The van der Waals surface area contributed by atoms with Gasteiger partial charge in [0.15, 0.2) is 0 Å². The van der Waals surface area contributed by atoms with Gasteiger partial charge in [0.05, 0.1) is 21.3 Å². The van der Waals surface area contributed by atoms with Crippen LogP contribution in [0.2, 0.25) is 0 Å². The van der Waals surface area contributed by atoms with E-state index in [-0.39, 0.29) is 11.9 Å². The van der Waals surface area contributed by atoms with Gasteiger partial charge in [0.2, 0.25) is 5.91 Å². The quantitative estimate of drug-likeness (QED) is 0.761. The monoisotopic (exact) mass is 300 g/mol. The molecule has 1 aromatic carbocycles. The summed E-state index contributed by atoms with van der Waals surface area (Å²) in [5, 5.41) is 3.93. The maximum atomic E-state index is 12.0. The van der Waals surface area contributed by atoms with E-state index in [1.165, 1.54) is 0 Å². The molecule has 0 aliphatic heterocycles. The predicted molar refractivity (Wildman–Crippen MR) is 83.1 cm³/mol. The maximum Gasteiger partial charge on any atom is 0.220 e. The molecule has 0 bridgehead atoms. The summed E-state index contributed by atoms with van der Waals surface area (Å²) in [6.07, 6.45) is 4.53. The van der Waals surface area contributed by atoms with Crippen molar-refractivity contribution in [2.24, 2.45) is 0 Å². The summed E-state index contributed by atoms with van der Waals surface area (Å²) < 4.78 is 1.16. The second-order valence-electron chi connectivity index (χ2n) is 4.84. The van der Waals surface area contributed by atoms with Crippen molar-refractivity contribution in [3.63, 3.8) is 0 Å². The maximum absolute atomic E-state index is 12.0. The standard InChI is InChI=1S/C15H16N4OS/c1-10(15-16-8-9-17-15)18-13(20)6-7-14-19-11-4-2-3-5-12(11)21-14/h2-5,8-10H,6-7H2,1H3,(H,16,17)(H,18,20). The van der Waals surface area contributed by atoms with Crippen molar-refractivity contribution in [3.05, 3.63) is 47.5 Å². The Kier molecular flexibility index (Phi) is 3.96. The summed E-state index contributed by atoms with van der Waals surface area (Å²) in [7, 11) is 0. The minimum atomic E-state index is -0.108. The second-order valence-corrected chi connectivity index (χ2v) is 5.95. The van der Waals surface area contributed by atoms with E-state index in [1.807, 2.05) is 25.1 Å². The molecule has 0 fully saturated rings. The van der Waals surface area contributed by atoms with Gasteiger partial charge in [0, 0.05) is 25.2 Å². The highest BCUT2D eigenvalue weighted by Gasteiger charge is 2.12. The third-order valence-corrected chi connectivity index (χ3v) is 4.31. The highest BCUT2D eigenvalue weighted by molar-refractivity contribution is 7.18. The molecule has 0 saturated heterocycles. The first-order chi connectivity index (χ1) is 10.2. The molecule has 2 N–H and O–H groups in total. The first-order valence-electron chi connectivity index (χ1n) is 6.85. The Morgan fingerprint density at radius 2 is 2.29 bits per heavy atom. The molecule has 1 amide bonds. The summed E-state index contributed by atoms with van der Waals surface area (Å²) in [5.41, 5.74) is 1.00. The largest absolute Gasteiger partial charge is 0.347 e. The molecule has 0 saturated carbocycles. The fraction of sp³-hybridized carbons (Fsp3) is 0.267. The molecule has 0 aliphatic rings. The van der Waals surface area contributed by atoms with E-state index in [0.717, 1.165) is 21.0 Å². The van der Waals surface area contributed by atoms with Crippen molar-refractivity contribution in [1.29, 1.82) is 0 Å². The van der Waals surface area contributed by atoms with E-state index in [0.29, 0.717) is 12.8 Å². The Balaban J connectivity index is 1.56. The van der Waals surface area contributed by atoms with Crippen molar-refractivity contribution in [1.82, 2.24) is 20.3 Å². The number of hydrogen-bond acceptors (Lipinski definition) is 4. The number of H-pyrrole nitrogens is 1. The van der Waals surface area contributed by atoms with Gasteiger partial charge in [-0.15, -0.1) is 11.3 Å². The molecule has 1 unspecified atom stereocenters. The lowest BCUT2D eigenvalue weighted by Crippen LogP contribution is -2.27. The first-order valence-corrected chi connectivity index (χ1v) is 7.67. The van der Waals surface area contributed by atoms with Crippen LogP contribution in [-0.4, -0.2) is 20.9 Å². The van der Waals surface area contributed by atoms with Crippen LogP contribution >= 0.6 is 11.3 Å². The molecule has 0 radical (unpaired) electrons. The van der Waals surface area contributed by atoms with E-state index in [9.17, 15) is 4.79 Å². The summed E-state index contributed by atoms with van der Waals surface area (Å²) in [6.45, 7) is 1.91. The van der Waals surface area contributed by atoms with Crippen molar-refractivity contribution in [3.8, 4) is 0 Å². The van der Waals surface area contributed by atoms with Gasteiger partial charge < -0.3 is 10.3 Å². The van der Waals surface area contributed by atoms with Crippen molar-refractivity contribution >= 4 is 27.5 Å². The molecule has 3 rings (SSSR count). The molecular formula is C15H16N4OS. The number of carbonyl (C=O) groups is 1. The van der Waals surface area contributed by atoms with Crippen molar-refractivity contribution in [2.45, 2.75) is 25.8 Å². The van der Waals surface area contributed by atoms with Gasteiger partial charge in [0.1, 0.15) is 5.82 Å². The summed E-state index contributed by atoms with van der Waals surface area (Å²) in [6, 6.07) is 7.91. The highest BCUT2D eigenvalue weighted by atomic mass is 32.1. The van der Waals surface area contributed by atoms with Crippen LogP contribution in [-0.2, 0) is 11.2 Å². The molecule has 21 heavy (non-hydrogen) atoms. The zero-order chi connectivity index (χ0) is 14.7. The van der Waals surface area contributed by atoms with Gasteiger partial charge >= 0.3 is 0 Å². The summed E-state index contributed by atoms with van der Waals surface area (Å²) >= 11 is 1.65. The lowest BCUT2D eigenvalue weighted by atomic mass is 10.2. The van der Waals surface area contributed by atoms with Crippen LogP contribution in [0.25, 0.3) is 10.2 Å². The van der Waals surface area contributed by atoms with Crippen molar-refractivity contribution in [2.75, 3.05) is 0 Å². The van der Waals surface area contributed by atoms with Crippen molar-refractivity contribution < 1.29 is 4.79 Å². The number of imidazole rings is 1. The van der Waals surface area contributed by atoms with Crippen LogP contribution in [0, 0.1) is 0 Å². The molecule has 3 aromatic rings. The Morgan fingerprint density at radius 3 is 3.05 bits per heavy atom. The third-order valence-electron chi connectivity index (χ3n) is 3.21. The van der Waals surface area contributed by atoms with E-state index in [1.54, 1.807) is 23.7 Å². The number of amides is 1. The van der Waals surface area contributed by atoms with Crippen LogP contribution in [0.15, 0.2) is 36.7 Å². The van der Waals surface area contributed by atoms with Crippen LogP contribution in [0.1, 0.15) is 30.2 Å². The molecule has 5 nitrogen and oxygen atoms in total. The summed E-state index contributed by atoms with van der Waals surface area (Å²) in [5.74, 6) is 0.779. The second kappa shape index (κ2) is 6.05. The van der Waals surface area contributed by atoms with Crippen LogP contribution in [0.4, 0.5) is 0 Å². The number of nitrogens with one attached hydrogen (secondary N) is 2. The normalized spacial score (nSPS) is 12.4. The van der Waals surface area contributed by atoms with Crippen LogP contribution < -0.4 is 5.32 Å². The van der Waals surface area contributed by atoms with Crippen LogP contribution in [0.5, 0.6) is 0 Å². The Morgan fingerprint density at radius 1 is 1.43 bits per heavy atom. The van der Waals surface area contributed by atoms with Gasteiger partial charge in [-0.25, -0.2) is 9.97 Å². The van der Waals surface area contributed by atoms with E-state index < -0.39 is 0 Å². The average Bonchev–Trinajstić information content (AvgIpc) is 3.14. The van der Waals surface area contributed by atoms with E-state index in [4.69, 9.17) is 0 Å². The lowest BCUT2D eigenvalue weighted by Gasteiger charge is -2.10. The Labute approximate surface area is 126 Å². The first kappa shape index (κ1) is 13.8. The Bertz CT molecular complexity index is 702. The van der Waals surface area contributed by atoms with Gasteiger partial charge in [0.25, 0.3) is 0 Å². The van der Waals surface area contributed by atoms with Gasteiger partial charge in [-0.3, -0.25) is 4.79 Å².